The van der Waals surface area contributed by atoms with Gasteiger partial charge in [-0.2, -0.15) is 0 Å². The van der Waals surface area contributed by atoms with E-state index in [-0.39, 0.29) is 5.69 Å². The first kappa shape index (κ1) is 9.19. The molecule has 0 amide bonds. The van der Waals surface area contributed by atoms with Crippen LogP contribution < -0.4 is 0 Å². The Morgan fingerprint density at radius 1 is 1.83 bits per heavy atom. The van der Waals surface area contributed by atoms with Gasteiger partial charge in [-0.1, -0.05) is 13.8 Å². The van der Waals surface area contributed by atoms with E-state index in [1.54, 1.807) is 5.38 Å². The van der Waals surface area contributed by atoms with Crippen molar-refractivity contribution < 1.29 is 9.90 Å². The van der Waals surface area contributed by atoms with Crippen molar-refractivity contribution in [3.63, 3.8) is 0 Å². The summed E-state index contributed by atoms with van der Waals surface area (Å²) in [5.74, 6) is -0.580. The second-order valence-electron chi connectivity index (χ2n) is 2.69. The summed E-state index contributed by atoms with van der Waals surface area (Å²) in [5.41, 5.74) is 0.162. The minimum Gasteiger partial charge on any atom is -0.476 e. The van der Waals surface area contributed by atoms with E-state index < -0.39 is 5.97 Å². The SMILES string of the molecule is CC[C@@H](C)c1nc(C(=O)O)cs1. The van der Waals surface area contributed by atoms with Crippen molar-refractivity contribution >= 4 is 17.3 Å². The molecule has 1 rings (SSSR count). The molecule has 0 radical (unpaired) electrons. The predicted molar refractivity (Wildman–Crippen MR) is 47.8 cm³/mol. The van der Waals surface area contributed by atoms with Gasteiger partial charge in [0.05, 0.1) is 5.01 Å². The summed E-state index contributed by atoms with van der Waals surface area (Å²) >= 11 is 1.42. The fourth-order valence-corrected chi connectivity index (χ4v) is 1.72. The van der Waals surface area contributed by atoms with Crippen molar-refractivity contribution in [1.82, 2.24) is 4.98 Å². The van der Waals surface area contributed by atoms with Crippen LogP contribution in [0.4, 0.5) is 0 Å². The molecule has 4 heteroatoms. The Morgan fingerprint density at radius 3 is 2.92 bits per heavy atom. The molecule has 0 bridgehead atoms. The number of carboxylic acid groups (broad SMARTS) is 1. The van der Waals surface area contributed by atoms with Gasteiger partial charge in [-0.25, -0.2) is 9.78 Å². The molecule has 1 aromatic rings. The third-order valence-corrected chi connectivity index (χ3v) is 2.85. The fourth-order valence-electron chi connectivity index (χ4n) is 0.787. The van der Waals surface area contributed by atoms with Crippen molar-refractivity contribution in [2.24, 2.45) is 0 Å². The van der Waals surface area contributed by atoms with Crippen molar-refractivity contribution in [3.05, 3.63) is 16.1 Å². The Kier molecular flexibility index (Phi) is 2.81. The Morgan fingerprint density at radius 2 is 2.50 bits per heavy atom. The van der Waals surface area contributed by atoms with Crippen LogP contribution in [0.15, 0.2) is 5.38 Å². The zero-order valence-corrected chi connectivity index (χ0v) is 7.89. The van der Waals surface area contributed by atoms with Crippen LogP contribution in [0, 0.1) is 0 Å². The second-order valence-corrected chi connectivity index (χ2v) is 3.58. The van der Waals surface area contributed by atoms with Crippen LogP contribution in [-0.4, -0.2) is 16.1 Å². The van der Waals surface area contributed by atoms with Crippen LogP contribution >= 0.6 is 11.3 Å². The molecule has 0 aliphatic carbocycles. The van der Waals surface area contributed by atoms with Gasteiger partial charge in [0.25, 0.3) is 0 Å². The molecule has 0 aromatic carbocycles. The van der Waals surface area contributed by atoms with E-state index in [2.05, 4.69) is 11.9 Å². The Hall–Kier alpha value is -0.900. The lowest BCUT2D eigenvalue weighted by molar-refractivity contribution is 0.0691. The number of rotatable bonds is 3. The van der Waals surface area contributed by atoms with Crippen molar-refractivity contribution in [1.29, 1.82) is 0 Å². The molecule has 3 nitrogen and oxygen atoms in total. The predicted octanol–water partition coefficient (Wildman–Crippen LogP) is 2.35. The first-order chi connectivity index (χ1) is 5.65. The van der Waals surface area contributed by atoms with Crippen molar-refractivity contribution in [3.8, 4) is 0 Å². The molecule has 0 aliphatic heterocycles. The zero-order valence-electron chi connectivity index (χ0n) is 7.07. The molecule has 1 aromatic heterocycles. The highest BCUT2D eigenvalue weighted by Crippen LogP contribution is 2.22. The van der Waals surface area contributed by atoms with E-state index in [1.807, 2.05) is 6.92 Å². The Labute approximate surface area is 75.1 Å². The van der Waals surface area contributed by atoms with E-state index >= 15 is 0 Å². The maximum absolute atomic E-state index is 10.5. The fraction of sp³-hybridized carbons (Fsp3) is 0.500. The molecule has 1 N–H and O–H groups in total. The number of aromatic nitrogens is 1. The third-order valence-electron chi connectivity index (χ3n) is 1.78. The number of aromatic carboxylic acids is 1. The summed E-state index contributed by atoms with van der Waals surface area (Å²) in [6.45, 7) is 4.11. The minimum atomic E-state index is -0.944. The van der Waals surface area contributed by atoms with Crippen molar-refractivity contribution in [2.45, 2.75) is 26.2 Å². The van der Waals surface area contributed by atoms with E-state index in [1.165, 1.54) is 11.3 Å². The Balaban J connectivity index is 2.84. The quantitative estimate of drug-likeness (QED) is 0.786. The lowest BCUT2D eigenvalue weighted by Gasteiger charge is -2.01. The van der Waals surface area contributed by atoms with Gasteiger partial charge in [0.1, 0.15) is 0 Å². The number of nitrogens with zero attached hydrogens (tertiary/aromatic N) is 1. The van der Waals surface area contributed by atoms with Gasteiger partial charge in [0, 0.05) is 11.3 Å². The second kappa shape index (κ2) is 3.67. The topological polar surface area (TPSA) is 50.2 Å². The summed E-state index contributed by atoms with van der Waals surface area (Å²) < 4.78 is 0. The number of thiazole rings is 1. The van der Waals surface area contributed by atoms with Gasteiger partial charge in [0.15, 0.2) is 5.69 Å². The smallest absolute Gasteiger partial charge is 0.355 e. The lowest BCUT2D eigenvalue weighted by atomic mass is 10.1. The van der Waals surface area contributed by atoms with E-state index in [4.69, 9.17) is 5.11 Å². The average molecular weight is 185 g/mol. The summed E-state index contributed by atoms with van der Waals surface area (Å²) in [4.78, 5) is 14.5. The van der Waals surface area contributed by atoms with Gasteiger partial charge < -0.3 is 5.11 Å². The van der Waals surface area contributed by atoms with Crippen LogP contribution in [0.1, 0.15) is 41.7 Å². The number of carboxylic acids is 1. The molecule has 66 valence electrons. The summed E-state index contributed by atoms with van der Waals surface area (Å²) in [6, 6.07) is 0. The normalized spacial score (nSPS) is 12.8. The minimum absolute atomic E-state index is 0.162. The number of hydrogen-bond acceptors (Lipinski definition) is 3. The maximum Gasteiger partial charge on any atom is 0.355 e. The average Bonchev–Trinajstić information content (AvgIpc) is 2.51. The first-order valence-electron chi connectivity index (χ1n) is 3.83. The first-order valence-corrected chi connectivity index (χ1v) is 4.71. The summed E-state index contributed by atoms with van der Waals surface area (Å²) in [5, 5.41) is 11.1. The van der Waals surface area contributed by atoms with E-state index in [0.717, 1.165) is 11.4 Å². The zero-order chi connectivity index (χ0) is 9.14. The number of hydrogen-bond donors (Lipinski definition) is 1. The molecular weight excluding hydrogens is 174 g/mol. The monoisotopic (exact) mass is 185 g/mol. The van der Waals surface area contributed by atoms with E-state index in [9.17, 15) is 4.79 Å². The molecule has 1 heterocycles. The molecule has 0 fully saturated rings. The van der Waals surface area contributed by atoms with Crippen LogP contribution in [-0.2, 0) is 0 Å². The molecule has 0 unspecified atom stereocenters. The maximum atomic E-state index is 10.5. The van der Waals surface area contributed by atoms with Crippen LogP contribution in [0.25, 0.3) is 0 Å². The van der Waals surface area contributed by atoms with Gasteiger partial charge in [-0.15, -0.1) is 11.3 Å². The summed E-state index contributed by atoms with van der Waals surface area (Å²) in [7, 11) is 0. The third kappa shape index (κ3) is 1.82. The molecule has 0 saturated heterocycles. The standard InChI is InChI=1S/C8H11NO2S/c1-3-5(2)7-9-6(4-12-7)8(10)11/h4-5H,3H2,1-2H3,(H,10,11)/t5-/m1/s1. The molecular formula is C8H11NO2S. The highest BCUT2D eigenvalue weighted by atomic mass is 32.1. The molecule has 0 spiro atoms. The highest BCUT2D eigenvalue weighted by molar-refractivity contribution is 7.09. The highest BCUT2D eigenvalue weighted by Gasteiger charge is 2.11. The molecule has 0 aliphatic rings. The Bertz CT molecular complexity index is 282. The van der Waals surface area contributed by atoms with Crippen molar-refractivity contribution in [2.75, 3.05) is 0 Å². The van der Waals surface area contributed by atoms with E-state index in [0.29, 0.717) is 5.92 Å². The van der Waals surface area contributed by atoms with Gasteiger partial charge in [0.2, 0.25) is 0 Å². The van der Waals surface area contributed by atoms with Crippen LogP contribution in [0.3, 0.4) is 0 Å². The summed E-state index contributed by atoms with van der Waals surface area (Å²) in [6.07, 6.45) is 0.993. The molecule has 12 heavy (non-hydrogen) atoms. The number of carbonyl (C=O) groups is 1. The van der Waals surface area contributed by atoms with Crippen LogP contribution in [0.5, 0.6) is 0 Å². The van der Waals surface area contributed by atoms with Gasteiger partial charge in [-0.3, -0.25) is 0 Å². The van der Waals surface area contributed by atoms with Gasteiger partial charge >= 0.3 is 5.97 Å². The molecule has 0 saturated carbocycles. The lowest BCUT2D eigenvalue weighted by Crippen LogP contribution is -1.97. The van der Waals surface area contributed by atoms with Gasteiger partial charge in [-0.05, 0) is 6.42 Å². The van der Waals surface area contributed by atoms with Crippen LogP contribution in [0.2, 0.25) is 0 Å². The largest absolute Gasteiger partial charge is 0.476 e. The molecule has 1 atom stereocenters.